The quantitative estimate of drug-likeness (QED) is 0.219. The number of rotatable bonds is 15. The molecule has 1 aromatic heterocycles. The van der Waals surface area contributed by atoms with Gasteiger partial charge in [0.05, 0.1) is 0 Å². The molecule has 0 saturated heterocycles. The fourth-order valence-corrected chi connectivity index (χ4v) is 5.03. The van der Waals surface area contributed by atoms with Crippen LogP contribution < -0.4 is 39.4 Å². The van der Waals surface area contributed by atoms with E-state index in [0.717, 1.165) is 42.6 Å². The monoisotopic (exact) mass is 539 g/mol. The molecule has 0 aliphatic heterocycles. The van der Waals surface area contributed by atoms with Crippen molar-refractivity contribution in [3.8, 4) is 5.75 Å². The maximum atomic E-state index is 13.6. The number of hydrogen-bond acceptors (Lipinski definition) is 4. The molecule has 5 nitrogen and oxygen atoms in total. The molecule has 3 rings (SSSR count). The Kier molecular flexibility index (Phi) is 13.5. The number of aliphatic carboxylic acids is 1. The zero-order valence-electron chi connectivity index (χ0n) is 24.6. The average molecular weight is 540 g/mol. The van der Waals surface area contributed by atoms with Crippen LogP contribution in [0.25, 0.3) is 0 Å². The van der Waals surface area contributed by atoms with Crippen LogP contribution in [0.1, 0.15) is 104 Å². The summed E-state index contributed by atoms with van der Waals surface area (Å²) in [6.07, 6.45) is 5.82. The first kappa shape index (κ1) is 32.9. The molecule has 3 aromatic rings. The van der Waals surface area contributed by atoms with E-state index in [1.165, 1.54) is 5.56 Å². The molecular weight excluding hydrogens is 497 g/mol. The van der Waals surface area contributed by atoms with Gasteiger partial charge in [-0.3, -0.25) is 4.79 Å². The second-order valence-corrected chi connectivity index (χ2v) is 10.6. The van der Waals surface area contributed by atoms with Crippen molar-refractivity contribution in [3.05, 3.63) is 88.2 Å². The summed E-state index contributed by atoms with van der Waals surface area (Å²) in [6.45, 7) is 8.67. The summed E-state index contributed by atoms with van der Waals surface area (Å²) >= 11 is 0. The summed E-state index contributed by atoms with van der Waals surface area (Å²) in [5.74, 6) is 0.208. The Morgan fingerprint density at radius 1 is 1.00 bits per heavy atom. The van der Waals surface area contributed by atoms with Crippen molar-refractivity contribution in [1.82, 2.24) is 4.57 Å². The van der Waals surface area contributed by atoms with Gasteiger partial charge >= 0.3 is 29.6 Å². The molecule has 0 saturated carbocycles. The summed E-state index contributed by atoms with van der Waals surface area (Å²) in [5.41, 5.74) is 5.65. The Balaban J connectivity index is 0.00000533. The molecule has 1 heterocycles. The smallest absolute Gasteiger partial charge is 0.550 e. The number of aromatic nitrogens is 1. The number of aryl methyl sites for hydroxylation is 1. The maximum absolute atomic E-state index is 13.6. The first-order valence-corrected chi connectivity index (χ1v) is 14.0. The Morgan fingerprint density at radius 3 is 2.33 bits per heavy atom. The van der Waals surface area contributed by atoms with Gasteiger partial charge in [0.15, 0.2) is 5.78 Å². The predicted octanol–water partition coefficient (Wildman–Crippen LogP) is 3.40. The number of benzene rings is 2. The molecule has 0 fully saturated rings. The van der Waals surface area contributed by atoms with E-state index in [1.54, 1.807) is 0 Å². The van der Waals surface area contributed by atoms with Gasteiger partial charge in [0.1, 0.15) is 11.9 Å². The molecule has 0 aliphatic carbocycles. The van der Waals surface area contributed by atoms with E-state index in [2.05, 4.69) is 45.0 Å². The summed E-state index contributed by atoms with van der Waals surface area (Å²) in [4.78, 5) is 24.4. The van der Waals surface area contributed by atoms with Gasteiger partial charge in [-0.05, 0) is 80.2 Å². The van der Waals surface area contributed by atoms with Crippen LogP contribution in [-0.4, -0.2) is 16.3 Å². The third-order valence-electron chi connectivity index (χ3n) is 7.04. The van der Waals surface area contributed by atoms with Crippen molar-refractivity contribution in [2.45, 2.75) is 85.2 Å². The number of ketones is 1. The van der Waals surface area contributed by atoms with Gasteiger partial charge in [-0.25, -0.2) is 0 Å². The van der Waals surface area contributed by atoms with Gasteiger partial charge in [-0.15, -0.1) is 0 Å². The summed E-state index contributed by atoms with van der Waals surface area (Å²) < 4.78 is 8.51. The summed E-state index contributed by atoms with van der Waals surface area (Å²) in [6, 6.07) is 18.1. The Hall–Kier alpha value is -2.34. The van der Waals surface area contributed by atoms with Gasteiger partial charge < -0.3 is 19.2 Å². The molecule has 1 unspecified atom stereocenters. The van der Waals surface area contributed by atoms with Crippen molar-refractivity contribution < 1.29 is 49.0 Å². The predicted molar refractivity (Wildman–Crippen MR) is 150 cm³/mol. The minimum absolute atomic E-state index is 0. The number of carbonyl (C=O) groups is 2. The fraction of sp³-hybridized carbons (Fsp3) is 0.455. The molecule has 0 aliphatic rings. The van der Waals surface area contributed by atoms with Crippen LogP contribution in [0.15, 0.2) is 54.6 Å². The molecular formula is C33H42NNaO4. The molecule has 6 heteroatoms. The number of carboxylic acids is 1. The molecule has 2 aromatic carbocycles. The largest absolute Gasteiger partial charge is 1.00 e. The van der Waals surface area contributed by atoms with E-state index in [0.29, 0.717) is 42.1 Å². The zero-order valence-corrected chi connectivity index (χ0v) is 26.6. The standard InChI is InChI=1S/C33H43NO4.Na/c1-6-8-14-31(25-18-16-24(17-19-25)20-23(3)4)38-28-13-9-11-26(21-28)33(37)29-22-27(12-10-15-32(35)36)34(5)30(29)7-2;/h9,11,13,16-19,21-23,31H,6-8,10,12,14-15,20H2,1-5H3,(H,35,36);/q;+1/p-1. The average Bonchev–Trinajstić information content (AvgIpc) is 3.21. The first-order chi connectivity index (χ1) is 18.2. The van der Waals surface area contributed by atoms with Crippen molar-refractivity contribution >= 4 is 11.8 Å². The van der Waals surface area contributed by atoms with Crippen LogP contribution in [0.3, 0.4) is 0 Å². The molecule has 0 spiro atoms. The van der Waals surface area contributed by atoms with Gasteiger partial charge in [-0.2, -0.15) is 0 Å². The number of carboxylic acid groups (broad SMARTS) is 1. The number of nitrogens with zero attached hydrogens (tertiary/aromatic N) is 1. The maximum Gasteiger partial charge on any atom is 1.00 e. The second-order valence-electron chi connectivity index (χ2n) is 10.6. The Labute approximate surface area is 256 Å². The van der Waals surface area contributed by atoms with Crippen molar-refractivity contribution in [2.75, 3.05) is 0 Å². The van der Waals surface area contributed by atoms with E-state index in [1.807, 2.05) is 48.9 Å². The summed E-state index contributed by atoms with van der Waals surface area (Å²) in [7, 11) is 1.94. The SMILES string of the molecule is CCCCC(Oc1cccc(C(=O)c2cc(CCCC(=O)[O-])n(C)c2CC)c1)c1ccc(CC(C)C)cc1.[Na+]. The minimum Gasteiger partial charge on any atom is -0.550 e. The third-order valence-corrected chi connectivity index (χ3v) is 7.04. The number of unbranched alkanes of at least 4 members (excludes halogenated alkanes) is 1. The number of ether oxygens (including phenoxy) is 1. The molecule has 1 atom stereocenters. The van der Waals surface area contributed by atoms with Gasteiger partial charge in [0, 0.05) is 35.5 Å². The normalized spacial score (nSPS) is 11.7. The van der Waals surface area contributed by atoms with Crippen LogP contribution in [0.4, 0.5) is 0 Å². The van der Waals surface area contributed by atoms with Crippen LogP contribution in [0.2, 0.25) is 0 Å². The van der Waals surface area contributed by atoms with Crippen molar-refractivity contribution in [1.29, 1.82) is 0 Å². The molecule has 39 heavy (non-hydrogen) atoms. The number of carbonyl (C=O) groups excluding carboxylic acids is 2. The zero-order chi connectivity index (χ0) is 27.7. The van der Waals surface area contributed by atoms with E-state index in [-0.39, 0.29) is 47.9 Å². The Bertz CT molecular complexity index is 1210. The minimum atomic E-state index is -1.05. The van der Waals surface area contributed by atoms with E-state index >= 15 is 0 Å². The molecule has 0 N–H and O–H groups in total. The summed E-state index contributed by atoms with van der Waals surface area (Å²) in [5, 5.41) is 10.8. The fourth-order valence-electron chi connectivity index (χ4n) is 5.03. The van der Waals surface area contributed by atoms with Gasteiger partial charge in [0.2, 0.25) is 0 Å². The van der Waals surface area contributed by atoms with Crippen LogP contribution in [-0.2, 0) is 31.1 Å². The topological polar surface area (TPSA) is 71.4 Å². The van der Waals surface area contributed by atoms with Gasteiger partial charge in [-0.1, -0.05) is 70.5 Å². The molecule has 204 valence electrons. The molecule has 0 amide bonds. The van der Waals surface area contributed by atoms with E-state index < -0.39 is 5.97 Å². The second kappa shape index (κ2) is 16.1. The molecule has 0 radical (unpaired) electrons. The van der Waals surface area contributed by atoms with Crippen LogP contribution >= 0.6 is 0 Å². The van der Waals surface area contributed by atoms with E-state index in [4.69, 9.17) is 4.74 Å². The first-order valence-electron chi connectivity index (χ1n) is 14.0. The van der Waals surface area contributed by atoms with Crippen molar-refractivity contribution in [2.24, 2.45) is 13.0 Å². The van der Waals surface area contributed by atoms with Gasteiger partial charge in [0.25, 0.3) is 0 Å². The van der Waals surface area contributed by atoms with Crippen LogP contribution in [0, 0.1) is 5.92 Å². The number of hydrogen-bond donors (Lipinski definition) is 0. The Morgan fingerprint density at radius 2 is 1.72 bits per heavy atom. The van der Waals surface area contributed by atoms with E-state index in [9.17, 15) is 14.7 Å². The van der Waals surface area contributed by atoms with Crippen LogP contribution in [0.5, 0.6) is 5.75 Å². The van der Waals surface area contributed by atoms with Crippen molar-refractivity contribution in [3.63, 3.8) is 0 Å². The molecule has 0 bridgehead atoms. The third kappa shape index (κ3) is 9.37.